The SMILES string of the molecule is CC(O)(c1ccc(Cl)cc1)C1(Oc2ccc(Cl)cc2Cl)CC1. The molecule has 2 aromatic rings. The van der Waals surface area contributed by atoms with E-state index in [1.165, 1.54) is 0 Å². The highest BCUT2D eigenvalue weighted by Gasteiger charge is 2.60. The van der Waals surface area contributed by atoms with Crippen molar-refractivity contribution < 1.29 is 9.84 Å². The number of rotatable bonds is 4. The van der Waals surface area contributed by atoms with Crippen molar-refractivity contribution in [3.05, 3.63) is 63.1 Å². The zero-order valence-corrected chi connectivity index (χ0v) is 14.2. The number of ether oxygens (including phenoxy) is 1. The lowest BCUT2D eigenvalue weighted by Crippen LogP contribution is -2.43. The molecule has 0 heterocycles. The maximum Gasteiger partial charge on any atom is 0.142 e. The summed E-state index contributed by atoms with van der Waals surface area (Å²) in [5.41, 5.74) is -1.06. The third-order valence-corrected chi connectivity index (χ3v) is 4.98. The summed E-state index contributed by atoms with van der Waals surface area (Å²) in [6, 6.07) is 12.2. The van der Waals surface area contributed by atoms with Crippen LogP contribution in [0.3, 0.4) is 0 Å². The summed E-state index contributed by atoms with van der Waals surface area (Å²) < 4.78 is 6.07. The van der Waals surface area contributed by atoms with E-state index in [1.807, 2.05) is 12.1 Å². The number of aliphatic hydroxyl groups is 1. The van der Waals surface area contributed by atoms with E-state index in [1.54, 1.807) is 37.3 Å². The monoisotopic (exact) mass is 356 g/mol. The molecule has 1 saturated carbocycles. The van der Waals surface area contributed by atoms with Crippen molar-refractivity contribution in [2.75, 3.05) is 0 Å². The van der Waals surface area contributed by atoms with Crippen LogP contribution in [0.5, 0.6) is 5.75 Å². The maximum atomic E-state index is 11.0. The lowest BCUT2D eigenvalue weighted by Gasteiger charge is -2.34. The molecule has 2 nitrogen and oxygen atoms in total. The molecule has 0 amide bonds. The Balaban J connectivity index is 1.90. The van der Waals surface area contributed by atoms with Gasteiger partial charge in [0.25, 0.3) is 0 Å². The van der Waals surface area contributed by atoms with Gasteiger partial charge < -0.3 is 9.84 Å². The minimum Gasteiger partial charge on any atom is -0.482 e. The number of halogens is 3. The molecule has 22 heavy (non-hydrogen) atoms. The van der Waals surface area contributed by atoms with Gasteiger partial charge in [0, 0.05) is 10.0 Å². The molecule has 1 unspecified atom stereocenters. The summed E-state index contributed by atoms with van der Waals surface area (Å²) in [6.07, 6.45) is 1.50. The van der Waals surface area contributed by atoms with Gasteiger partial charge in [-0.3, -0.25) is 0 Å². The average Bonchev–Trinajstić information content (AvgIpc) is 3.24. The van der Waals surface area contributed by atoms with Crippen LogP contribution in [0.1, 0.15) is 25.3 Å². The van der Waals surface area contributed by atoms with Crippen LogP contribution in [0, 0.1) is 0 Å². The molecule has 2 aromatic carbocycles. The van der Waals surface area contributed by atoms with Crippen LogP contribution < -0.4 is 4.74 Å². The normalized spacial score (nSPS) is 18.6. The third kappa shape index (κ3) is 2.81. The van der Waals surface area contributed by atoms with Crippen LogP contribution in [0.25, 0.3) is 0 Å². The molecular weight excluding hydrogens is 343 g/mol. The van der Waals surface area contributed by atoms with E-state index in [4.69, 9.17) is 39.5 Å². The van der Waals surface area contributed by atoms with E-state index in [0.29, 0.717) is 20.8 Å². The topological polar surface area (TPSA) is 29.5 Å². The van der Waals surface area contributed by atoms with Gasteiger partial charge in [0.15, 0.2) is 0 Å². The van der Waals surface area contributed by atoms with Gasteiger partial charge in [0.2, 0.25) is 0 Å². The number of benzene rings is 2. The molecule has 0 aliphatic heterocycles. The quantitative estimate of drug-likeness (QED) is 0.786. The lowest BCUT2D eigenvalue weighted by molar-refractivity contribution is -0.0705. The first-order valence-corrected chi connectivity index (χ1v) is 8.10. The summed E-state index contributed by atoms with van der Waals surface area (Å²) in [5.74, 6) is 0.526. The Hall–Kier alpha value is -0.930. The first kappa shape index (κ1) is 15.9. The van der Waals surface area contributed by atoms with E-state index in [2.05, 4.69) is 0 Å². The standard InChI is InChI=1S/C17H15Cl3O2/c1-16(21,11-2-4-12(18)5-3-11)17(8-9-17)22-15-7-6-13(19)10-14(15)20/h2-7,10,21H,8-9H2,1H3. The van der Waals surface area contributed by atoms with E-state index in [-0.39, 0.29) is 0 Å². The molecule has 116 valence electrons. The number of hydrogen-bond donors (Lipinski definition) is 1. The molecule has 3 rings (SSSR count). The van der Waals surface area contributed by atoms with E-state index >= 15 is 0 Å². The molecule has 0 saturated heterocycles. The Bertz CT molecular complexity index is 692. The predicted molar refractivity (Wildman–Crippen MR) is 90.1 cm³/mol. The van der Waals surface area contributed by atoms with Crippen molar-refractivity contribution in [2.24, 2.45) is 0 Å². The van der Waals surface area contributed by atoms with Gasteiger partial charge in [-0.2, -0.15) is 0 Å². The Morgan fingerprint density at radius 1 is 1.00 bits per heavy atom. The van der Waals surface area contributed by atoms with Crippen LogP contribution in [0.15, 0.2) is 42.5 Å². The molecule has 0 bridgehead atoms. The fraction of sp³-hybridized carbons (Fsp3) is 0.294. The van der Waals surface area contributed by atoms with Crippen molar-refractivity contribution >= 4 is 34.8 Å². The lowest BCUT2D eigenvalue weighted by atomic mass is 9.88. The molecule has 0 spiro atoms. The molecule has 1 N–H and O–H groups in total. The second-order valence-electron chi connectivity index (χ2n) is 5.75. The minimum atomic E-state index is -1.14. The van der Waals surface area contributed by atoms with Gasteiger partial charge in [-0.05, 0) is 55.7 Å². The van der Waals surface area contributed by atoms with E-state index in [0.717, 1.165) is 18.4 Å². The Labute approximate surface area is 144 Å². The largest absolute Gasteiger partial charge is 0.482 e. The highest BCUT2D eigenvalue weighted by molar-refractivity contribution is 6.35. The number of hydrogen-bond acceptors (Lipinski definition) is 2. The Morgan fingerprint density at radius 3 is 2.14 bits per heavy atom. The van der Waals surface area contributed by atoms with Gasteiger partial charge in [0.05, 0.1) is 5.02 Å². The zero-order chi connectivity index (χ0) is 16.0. The Kier molecular flexibility index (Phi) is 4.07. The molecule has 1 aliphatic carbocycles. The molecule has 0 aromatic heterocycles. The highest BCUT2D eigenvalue weighted by Crippen LogP contribution is 2.53. The van der Waals surface area contributed by atoms with Crippen molar-refractivity contribution in [3.8, 4) is 5.75 Å². The third-order valence-electron chi connectivity index (χ3n) is 4.20. The molecular formula is C17H15Cl3O2. The van der Waals surface area contributed by atoms with Crippen LogP contribution in [-0.4, -0.2) is 10.7 Å². The molecule has 1 atom stereocenters. The summed E-state index contributed by atoms with van der Waals surface area (Å²) in [6.45, 7) is 1.76. The van der Waals surface area contributed by atoms with Crippen molar-refractivity contribution in [1.29, 1.82) is 0 Å². The van der Waals surface area contributed by atoms with Gasteiger partial charge in [-0.25, -0.2) is 0 Å². The Morgan fingerprint density at radius 2 is 1.59 bits per heavy atom. The second-order valence-corrected chi connectivity index (χ2v) is 7.03. The fourth-order valence-corrected chi connectivity index (χ4v) is 3.18. The average molecular weight is 358 g/mol. The fourth-order valence-electron chi connectivity index (χ4n) is 2.61. The zero-order valence-electron chi connectivity index (χ0n) is 11.9. The van der Waals surface area contributed by atoms with Crippen LogP contribution in [0.4, 0.5) is 0 Å². The maximum absolute atomic E-state index is 11.0. The summed E-state index contributed by atoms with van der Waals surface area (Å²) >= 11 is 18.0. The summed E-state index contributed by atoms with van der Waals surface area (Å²) in [7, 11) is 0. The minimum absolute atomic E-state index is 0.436. The molecule has 0 radical (unpaired) electrons. The van der Waals surface area contributed by atoms with Gasteiger partial charge in [-0.15, -0.1) is 0 Å². The molecule has 1 aliphatic rings. The smallest absolute Gasteiger partial charge is 0.142 e. The van der Waals surface area contributed by atoms with Crippen molar-refractivity contribution in [2.45, 2.75) is 31.0 Å². The van der Waals surface area contributed by atoms with E-state index in [9.17, 15) is 5.11 Å². The van der Waals surface area contributed by atoms with Crippen LogP contribution in [-0.2, 0) is 5.60 Å². The molecule has 5 heteroatoms. The first-order valence-electron chi connectivity index (χ1n) is 6.97. The summed E-state index contributed by atoms with van der Waals surface area (Å²) in [5, 5.41) is 12.7. The van der Waals surface area contributed by atoms with Gasteiger partial charge >= 0.3 is 0 Å². The summed E-state index contributed by atoms with van der Waals surface area (Å²) in [4.78, 5) is 0. The van der Waals surface area contributed by atoms with Crippen molar-refractivity contribution in [3.63, 3.8) is 0 Å². The first-order chi connectivity index (χ1) is 10.3. The van der Waals surface area contributed by atoms with Crippen LogP contribution >= 0.6 is 34.8 Å². The van der Waals surface area contributed by atoms with Crippen LogP contribution in [0.2, 0.25) is 15.1 Å². The molecule has 1 fully saturated rings. The highest BCUT2D eigenvalue weighted by atomic mass is 35.5. The van der Waals surface area contributed by atoms with Gasteiger partial charge in [-0.1, -0.05) is 46.9 Å². The van der Waals surface area contributed by atoms with Crippen molar-refractivity contribution in [1.82, 2.24) is 0 Å². The van der Waals surface area contributed by atoms with E-state index < -0.39 is 11.2 Å². The predicted octanol–water partition coefficient (Wildman–Crippen LogP) is 5.47. The second kappa shape index (κ2) is 5.61. The van der Waals surface area contributed by atoms with Gasteiger partial charge in [0.1, 0.15) is 17.0 Å².